The Morgan fingerprint density at radius 3 is 1.85 bits per heavy atom. The molecule has 5 heteroatoms. The Morgan fingerprint density at radius 1 is 0.564 bits per heavy atom. The van der Waals surface area contributed by atoms with Crippen molar-refractivity contribution in [1.82, 2.24) is 4.57 Å². The highest BCUT2D eigenvalue weighted by atomic mass is 15.0. The van der Waals surface area contributed by atoms with Crippen LogP contribution >= 0.6 is 0 Å². The summed E-state index contributed by atoms with van der Waals surface area (Å²) in [6, 6.07) is 39.0. The van der Waals surface area contributed by atoms with Crippen molar-refractivity contribution < 1.29 is 0 Å². The highest BCUT2D eigenvalue weighted by Gasteiger charge is 2.18. The van der Waals surface area contributed by atoms with Gasteiger partial charge in [-0.1, -0.05) is 54.6 Å². The molecule has 178 valence electrons. The van der Waals surface area contributed by atoms with Crippen molar-refractivity contribution in [3.05, 3.63) is 131 Å². The lowest BCUT2D eigenvalue weighted by Gasteiger charge is -2.11. The maximum atomic E-state index is 9.78. The maximum Gasteiger partial charge on any atom is 0.196 e. The minimum absolute atomic E-state index is 0.430. The van der Waals surface area contributed by atoms with E-state index in [2.05, 4.69) is 27.6 Å². The standard InChI is InChI=1S/C34H17N5/c1-38-30-12-6-9-26(21-37)34(30)22-14-16-31-29(17-22)28-15-13-23(33-24(19-35)7-5-8-25(33)20-36)18-32(28)39(31)27-10-3-2-4-11-27/h2-18H. The van der Waals surface area contributed by atoms with Crippen LogP contribution in [-0.2, 0) is 0 Å². The number of nitriles is 3. The average molecular weight is 496 g/mol. The molecule has 0 aliphatic rings. The third-order valence-electron chi connectivity index (χ3n) is 6.95. The molecule has 0 amide bonds. The van der Waals surface area contributed by atoms with Crippen molar-refractivity contribution in [2.75, 3.05) is 0 Å². The highest BCUT2D eigenvalue weighted by molar-refractivity contribution is 6.12. The summed E-state index contributed by atoms with van der Waals surface area (Å²) in [6.45, 7) is 7.65. The van der Waals surface area contributed by atoms with Gasteiger partial charge in [-0.25, -0.2) is 4.85 Å². The molecular formula is C34H17N5. The third kappa shape index (κ3) is 3.68. The molecular weight excluding hydrogens is 478 g/mol. The van der Waals surface area contributed by atoms with Crippen molar-refractivity contribution in [2.45, 2.75) is 0 Å². The first-order valence-corrected chi connectivity index (χ1v) is 12.2. The van der Waals surface area contributed by atoms with E-state index in [0.717, 1.165) is 38.6 Å². The molecule has 0 fully saturated rings. The third-order valence-corrected chi connectivity index (χ3v) is 6.95. The van der Waals surface area contributed by atoms with E-state index in [1.165, 1.54) is 0 Å². The zero-order valence-electron chi connectivity index (χ0n) is 20.6. The molecule has 5 nitrogen and oxygen atoms in total. The van der Waals surface area contributed by atoms with E-state index in [1.54, 1.807) is 36.4 Å². The summed E-state index contributed by atoms with van der Waals surface area (Å²) in [4.78, 5) is 3.67. The van der Waals surface area contributed by atoms with Gasteiger partial charge in [0.15, 0.2) is 5.69 Å². The molecule has 0 atom stereocenters. The van der Waals surface area contributed by atoms with Crippen molar-refractivity contribution >= 4 is 27.5 Å². The first-order chi connectivity index (χ1) is 19.2. The normalized spacial score (nSPS) is 10.5. The summed E-state index contributed by atoms with van der Waals surface area (Å²) in [7, 11) is 0. The van der Waals surface area contributed by atoms with Gasteiger partial charge in [-0.15, -0.1) is 0 Å². The van der Waals surface area contributed by atoms with Gasteiger partial charge in [-0.3, -0.25) is 0 Å². The Hall–Kier alpha value is -6.14. The summed E-state index contributed by atoms with van der Waals surface area (Å²) < 4.78 is 2.16. The molecule has 5 aromatic carbocycles. The van der Waals surface area contributed by atoms with Crippen LogP contribution in [0.2, 0.25) is 0 Å². The fraction of sp³-hybridized carbons (Fsp3) is 0. The molecule has 0 saturated heterocycles. The average Bonchev–Trinajstić information content (AvgIpc) is 3.33. The van der Waals surface area contributed by atoms with E-state index in [0.29, 0.717) is 33.5 Å². The lowest BCUT2D eigenvalue weighted by molar-refractivity contribution is 1.18. The lowest BCUT2D eigenvalue weighted by atomic mass is 9.94. The van der Waals surface area contributed by atoms with Crippen LogP contribution in [0.1, 0.15) is 16.7 Å². The second-order valence-corrected chi connectivity index (χ2v) is 9.01. The number of hydrogen-bond donors (Lipinski definition) is 0. The number of nitrogens with zero attached hydrogens (tertiary/aromatic N) is 5. The predicted molar refractivity (Wildman–Crippen MR) is 152 cm³/mol. The van der Waals surface area contributed by atoms with Crippen LogP contribution in [0.5, 0.6) is 0 Å². The predicted octanol–water partition coefficient (Wildman–Crippen LogP) is 8.28. The minimum atomic E-state index is 0.430. The van der Waals surface area contributed by atoms with E-state index in [-0.39, 0.29) is 0 Å². The molecule has 6 aromatic rings. The van der Waals surface area contributed by atoms with Crippen molar-refractivity contribution in [3.8, 4) is 46.1 Å². The summed E-state index contributed by atoms with van der Waals surface area (Å²) in [5.41, 5.74) is 7.42. The van der Waals surface area contributed by atoms with Gasteiger partial charge in [0.05, 0.1) is 46.9 Å². The zero-order chi connectivity index (χ0) is 26.9. The molecule has 0 aliphatic carbocycles. The molecule has 0 aliphatic heterocycles. The Bertz CT molecular complexity index is 2040. The van der Waals surface area contributed by atoms with Crippen LogP contribution < -0.4 is 0 Å². The van der Waals surface area contributed by atoms with Crippen molar-refractivity contribution in [1.29, 1.82) is 15.8 Å². The Labute approximate surface area is 225 Å². The maximum absolute atomic E-state index is 9.78. The van der Waals surface area contributed by atoms with E-state index >= 15 is 0 Å². The number of rotatable bonds is 3. The van der Waals surface area contributed by atoms with E-state index < -0.39 is 0 Å². The number of fused-ring (bicyclic) bond motifs is 3. The fourth-order valence-corrected chi connectivity index (χ4v) is 5.27. The molecule has 0 N–H and O–H groups in total. The van der Waals surface area contributed by atoms with Gasteiger partial charge in [0, 0.05) is 33.2 Å². The van der Waals surface area contributed by atoms with Crippen molar-refractivity contribution in [2.24, 2.45) is 0 Å². The van der Waals surface area contributed by atoms with Gasteiger partial charge in [-0.05, 0) is 59.7 Å². The van der Waals surface area contributed by atoms with Gasteiger partial charge < -0.3 is 4.57 Å². The highest BCUT2D eigenvalue weighted by Crippen LogP contribution is 2.40. The van der Waals surface area contributed by atoms with Crippen LogP contribution in [0.25, 0.3) is 54.6 Å². The second kappa shape index (κ2) is 9.38. The van der Waals surface area contributed by atoms with Crippen LogP contribution in [0.4, 0.5) is 5.69 Å². The Kier molecular flexibility index (Phi) is 5.60. The van der Waals surface area contributed by atoms with Gasteiger partial charge in [0.1, 0.15) is 0 Å². The summed E-state index contributed by atoms with van der Waals surface area (Å²) in [5, 5.41) is 31.3. The van der Waals surface area contributed by atoms with E-state index in [4.69, 9.17) is 6.57 Å². The Balaban J connectivity index is 1.70. The van der Waals surface area contributed by atoms with Gasteiger partial charge in [0.25, 0.3) is 0 Å². The topological polar surface area (TPSA) is 80.7 Å². The van der Waals surface area contributed by atoms with Crippen LogP contribution in [0.3, 0.4) is 0 Å². The lowest BCUT2D eigenvalue weighted by Crippen LogP contribution is -1.94. The number of para-hydroxylation sites is 1. The van der Waals surface area contributed by atoms with Crippen molar-refractivity contribution in [3.63, 3.8) is 0 Å². The first-order valence-electron chi connectivity index (χ1n) is 12.2. The molecule has 0 unspecified atom stereocenters. The molecule has 1 heterocycles. The monoisotopic (exact) mass is 495 g/mol. The zero-order valence-corrected chi connectivity index (χ0v) is 20.6. The quantitative estimate of drug-likeness (QED) is 0.232. The van der Waals surface area contributed by atoms with E-state index in [9.17, 15) is 15.8 Å². The largest absolute Gasteiger partial charge is 0.309 e. The van der Waals surface area contributed by atoms with Crippen LogP contribution in [-0.4, -0.2) is 4.57 Å². The molecule has 39 heavy (non-hydrogen) atoms. The number of aromatic nitrogens is 1. The molecule has 1 aromatic heterocycles. The second-order valence-electron chi connectivity index (χ2n) is 9.01. The number of benzene rings is 5. The molecule has 0 spiro atoms. The van der Waals surface area contributed by atoms with Gasteiger partial charge in [0.2, 0.25) is 0 Å². The van der Waals surface area contributed by atoms with Crippen LogP contribution in [0, 0.1) is 40.6 Å². The Morgan fingerprint density at radius 2 is 1.18 bits per heavy atom. The number of hydrogen-bond acceptors (Lipinski definition) is 3. The summed E-state index contributed by atoms with van der Waals surface area (Å²) in [5.74, 6) is 0. The summed E-state index contributed by atoms with van der Waals surface area (Å²) >= 11 is 0. The fourth-order valence-electron chi connectivity index (χ4n) is 5.27. The smallest absolute Gasteiger partial charge is 0.196 e. The van der Waals surface area contributed by atoms with Gasteiger partial charge in [-0.2, -0.15) is 15.8 Å². The first kappa shape index (κ1) is 23.3. The molecule has 0 radical (unpaired) electrons. The minimum Gasteiger partial charge on any atom is -0.309 e. The molecule has 6 rings (SSSR count). The molecule has 0 bridgehead atoms. The summed E-state index contributed by atoms with van der Waals surface area (Å²) in [6.07, 6.45) is 0. The van der Waals surface area contributed by atoms with Gasteiger partial charge >= 0.3 is 0 Å². The molecule has 0 saturated carbocycles. The SMILES string of the molecule is [C-]#[N+]c1cccc(C#N)c1-c1ccc2c(c1)c1ccc(-c3c(C#N)cccc3C#N)cc1n2-c1ccccc1. The van der Waals surface area contributed by atoms with E-state index in [1.807, 2.05) is 66.7 Å². The van der Waals surface area contributed by atoms with Crippen LogP contribution in [0.15, 0.2) is 103 Å².